The number of rotatable bonds is 4. The molecule has 1 unspecified atom stereocenters. The molecule has 0 bridgehead atoms. The number of ether oxygens (including phenoxy) is 1. The second-order valence-electron chi connectivity index (χ2n) is 4.35. The Hall–Kier alpha value is -0.810. The van der Waals surface area contributed by atoms with Gasteiger partial charge in [0.25, 0.3) is 0 Å². The van der Waals surface area contributed by atoms with E-state index in [9.17, 15) is 48.3 Å². The first-order chi connectivity index (χ1) is 9.11. The Bertz CT molecular complexity index is 380. The molecule has 1 nitrogen and oxygen atoms in total. The average Bonchev–Trinajstić information content (AvgIpc) is 2.80. The summed E-state index contributed by atoms with van der Waals surface area (Å²) >= 11 is 0. The third-order valence-corrected chi connectivity index (χ3v) is 2.90. The molecule has 0 N–H and O–H groups in total. The third kappa shape index (κ3) is 2.44. The number of halogens is 11. The van der Waals surface area contributed by atoms with E-state index >= 15 is 0 Å². The summed E-state index contributed by atoms with van der Waals surface area (Å²) in [5.41, 5.74) is 0. The van der Waals surface area contributed by atoms with Crippen LogP contribution in [0.4, 0.5) is 48.3 Å². The maximum absolute atomic E-state index is 13.3. The van der Waals surface area contributed by atoms with Gasteiger partial charge in [0.15, 0.2) is 0 Å². The van der Waals surface area contributed by atoms with Crippen LogP contribution >= 0.6 is 0 Å². The number of hydrogen-bond acceptors (Lipinski definition) is 1. The fourth-order valence-corrected chi connectivity index (χ4v) is 1.65. The lowest BCUT2D eigenvalue weighted by atomic mass is 9.93. The van der Waals surface area contributed by atoms with Gasteiger partial charge >= 0.3 is 29.9 Å². The van der Waals surface area contributed by atoms with Gasteiger partial charge in [-0.2, -0.15) is 48.3 Å². The zero-order chi connectivity index (χ0) is 16.9. The summed E-state index contributed by atoms with van der Waals surface area (Å²) in [7, 11) is 0. The van der Waals surface area contributed by atoms with Crippen LogP contribution in [0.25, 0.3) is 0 Å². The van der Waals surface area contributed by atoms with Crippen molar-refractivity contribution in [1.29, 1.82) is 0 Å². The highest BCUT2D eigenvalue weighted by atomic mass is 19.4. The first kappa shape index (κ1) is 18.2. The predicted molar refractivity (Wildman–Crippen MR) is 44.8 cm³/mol. The van der Waals surface area contributed by atoms with Gasteiger partial charge in [-0.3, -0.25) is 0 Å². The van der Waals surface area contributed by atoms with Crippen molar-refractivity contribution >= 4 is 0 Å². The molecular weight excluding hydrogens is 333 g/mol. The summed E-state index contributed by atoms with van der Waals surface area (Å²) in [6.45, 7) is -0.530. The predicted octanol–water partition coefficient (Wildman–Crippen LogP) is 4.27. The van der Waals surface area contributed by atoms with Gasteiger partial charge in [-0.25, -0.2) is 0 Å². The smallest absolute Gasteiger partial charge is 0.372 e. The SMILES string of the molecule is FC(F)(F)C(F)(F)C(F)(F)C(F)(F)C(F)(F)C1CCCO1. The van der Waals surface area contributed by atoms with Gasteiger partial charge in [-0.1, -0.05) is 0 Å². The molecular formula is C9H7F11O. The maximum atomic E-state index is 13.3. The maximum Gasteiger partial charge on any atom is 0.460 e. The van der Waals surface area contributed by atoms with Gasteiger partial charge in [-0.15, -0.1) is 0 Å². The normalized spacial score (nSPS) is 22.7. The molecule has 1 aliphatic rings. The zero-order valence-electron chi connectivity index (χ0n) is 9.76. The minimum atomic E-state index is -7.35. The summed E-state index contributed by atoms with van der Waals surface area (Å²) in [4.78, 5) is 0. The topological polar surface area (TPSA) is 9.23 Å². The highest BCUT2D eigenvalue weighted by Gasteiger charge is 2.88. The van der Waals surface area contributed by atoms with E-state index in [0.717, 1.165) is 0 Å². The quantitative estimate of drug-likeness (QED) is 0.695. The molecule has 12 heteroatoms. The van der Waals surface area contributed by atoms with E-state index < -0.39 is 49.0 Å². The minimum Gasteiger partial charge on any atom is -0.372 e. The average molecular weight is 340 g/mol. The van der Waals surface area contributed by atoms with Crippen molar-refractivity contribution in [2.75, 3.05) is 6.61 Å². The first-order valence-electron chi connectivity index (χ1n) is 5.30. The Balaban J connectivity index is 3.26. The fraction of sp³-hybridized carbons (Fsp3) is 1.00. The molecule has 1 atom stereocenters. The van der Waals surface area contributed by atoms with Crippen LogP contribution in [0.3, 0.4) is 0 Å². The van der Waals surface area contributed by atoms with Crippen LogP contribution in [0.2, 0.25) is 0 Å². The zero-order valence-corrected chi connectivity index (χ0v) is 9.76. The minimum absolute atomic E-state index is 0.252. The highest BCUT2D eigenvalue weighted by molar-refractivity contribution is 5.08. The van der Waals surface area contributed by atoms with Crippen molar-refractivity contribution in [3.05, 3.63) is 0 Å². The first-order valence-corrected chi connectivity index (χ1v) is 5.30. The summed E-state index contributed by atoms with van der Waals surface area (Å²) in [6.07, 6.45) is -11.1. The van der Waals surface area contributed by atoms with Gasteiger partial charge in [0.1, 0.15) is 6.10 Å². The van der Waals surface area contributed by atoms with Crippen molar-refractivity contribution < 1.29 is 53.0 Å². The molecule has 126 valence electrons. The van der Waals surface area contributed by atoms with Crippen molar-refractivity contribution in [3.63, 3.8) is 0 Å². The Labute approximate surface area is 110 Å². The van der Waals surface area contributed by atoms with E-state index in [2.05, 4.69) is 4.74 Å². The molecule has 1 aliphatic heterocycles. The van der Waals surface area contributed by atoms with Crippen LogP contribution < -0.4 is 0 Å². The van der Waals surface area contributed by atoms with Gasteiger partial charge < -0.3 is 4.74 Å². The summed E-state index contributed by atoms with van der Waals surface area (Å²) in [5.74, 6) is -27.6. The lowest BCUT2D eigenvalue weighted by molar-refractivity contribution is -0.428. The Kier molecular flexibility index (Phi) is 4.21. The molecule has 1 saturated heterocycles. The van der Waals surface area contributed by atoms with Crippen molar-refractivity contribution in [1.82, 2.24) is 0 Å². The van der Waals surface area contributed by atoms with Crippen LogP contribution in [-0.2, 0) is 4.74 Å². The van der Waals surface area contributed by atoms with Crippen molar-refractivity contribution in [2.24, 2.45) is 0 Å². The van der Waals surface area contributed by atoms with E-state index in [1.165, 1.54) is 0 Å². The standard InChI is InChI=1S/C9H7F11O/c10-5(11,4-2-1-3-21-4)6(12,13)7(14,15)8(16,17)9(18,19)20/h4H,1-3H2. The van der Waals surface area contributed by atoms with Gasteiger partial charge in [0.05, 0.1) is 0 Å². The summed E-state index contributed by atoms with van der Waals surface area (Å²) in [6, 6.07) is 0. The fourth-order valence-electron chi connectivity index (χ4n) is 1.65. The van der Waals surface area contributed by atoms with Crippen molar-refractivity contribution in [3.8, 4) is 0 Å². The van der Waals surface area contributed by atoms with Crippen molar-refractivity contribution in [2.45, 2.75) is 48.8 Å². The molecule has 0 radical (unpaired) electrons. The van der Waals surface area contributed by atoms with Gasteiger partial charge in [-0.05, 0) is 12.8 Å². The van der Waals surface area contributed by atoms with E-state index in [1.807, 2.05) is 0 Å². The second kappa shape index (κ2) is 4.85. The van der Waals surface area contributed by atoms with E-state index in [0.29, 0.717) is 0 Å². The third-order valence-electron chi connectivity index (χ3n) is 2.90. The molecule has 1 rings (SSSR count). The van der Waals surface area contributed by atoms with E-state index in [1.54, 1.807) is 0 Å². The van der Waals surface area contributed by atoms with E-state index in [4.69, 9.17) is 0 Å². The van der Waals surface area contributed by atoms with Crippen LogP contribution in [0.1, 0.15) is 12.8 Å². The number of alkyl halides is 11. The molecule has 0 aromatic rings. The molecule has 0 aromatic heterocycles. The lowest BCUT2D eigenvalue weighted by Crippen LogP contribution is -2.68. The van der Waals surface area contributed by atoms with Gasteiger partial charge in [0.2, 0.25) is 0 Å². The molecule has 1 heterocycles. The monoisotopic (exact) mass is 340 g/mol. The van der Waals surface area contributed by atoms with E-state index in [-0.39, 0.29) is 6.42 Å². The Morgan fingerprint density at radius 2 is 1.14 bits per heavy atom. The molecule has 0 amide bonds. The molecule has 0 aromatic carbocycles. The summed E-state index contributed by atoms with van der Waals surface area (Å²) < 4.78 is 143. The van der Waals surface area contributed by atoms with Crippen LogP contribution in [-0.4, -0.2) is 42.6 Å². The molecule has 21 heavy (non-hydrogen) atoms. The molecule has 0 spiro atoms. The van der Waals surface area contributed by atoms with Crippen LogP contribution in [0, 0.1) is 0 Å². The Morgan fingerprint density at radius 3 is 1.48 bits per heavy atom. The molecule has 0 saturated carbocycles. The lowest BCUT2D eigenvalue weighted by Gasteiger charge is -2.38. The highest BCUT2D eigenvalue weighted by Crippen LogP contribution is 2.58. The molecule has 0 aliphatic carbocycles. The largest absolute Gasteiger partial charge is 0.460 e. The van der Waals surface area contributed by atoms with Gasteiger partial charge in [0, 0.05) is 6.61 Å². The van der Waals surface area contributed by atoms with Crippen LogP contribution in [0.15, 0.2) is 0 Å². The second-order valence-corrected chi connectivity index (χ2v) is 4.35. The number of hydrogen-bond donors (Lipinski definition) is 0. The summed E-state index contributed by atoms with van der Waals surface area (Å²) in [5, 5.41) is 0. The molecule has 1 fully saturated rings. The van der Waals surface area contributed by atoms with Crippen LogP contribution in [0.5, 0.6) is 0 Å². The Morgan fingerprint density at radius 1 is 0.667 bits per heavy atom.